The van der Waals surface area contributed by atoms with E-state index in [0.717, 1.165) is 34.9 Å². The van der Waals surface area contributed by atoms with Gasteiger partial charge in [-0.3, -0.25) is 9.69 Å². The normalized spacial score (nSPS) is 18.9. The molecular weight excluding hydrogens is 346 g/mol. The van der Waals surface area contributed by atoms with Gasteiger partial charge in [0.15, 0.2) is 0 Å². The lowest BCUT2D eigenvalue weighted by Gasteiger charge is -2.32. The van der Waals surface area contributed by atoms with Crippen LogP contribution in [0, 0.1) is 0 Å². The Hall–Kier alpha value is -2.36. The number of nitrogens with zero attached hydrogens (tertiary/aromatic N) is 1. The molecule has 3 nitrogen and oxygen atoms in total. The van der Waals surface area contributed by atoms with Gasteiger partial charge >= 0.3 is 5.97 Å². The van der Waals surface area contributed by atoms with Crippen LogP contribution in [0.3, 0.4) is 0 Å². The van der Waals surface area contributed by atoms with Crippen LogP contribution in [0.25, 0.3) is 10.8 Å². The van der Waals surface area contributed by atoms with Gasteiger partial charge in [-0.1, -0.05) is 66.2 Å². The van der Waals surface area contributed by atoms with Gasteiger partial charge in [-0.15, -0.1) is 0 Å². The smallest absolute Gasteiger partial charge is 0.320 e. The number of carboxylic acid groups (broad SMARTS) is 1. The second kappa shape index (κ2) is 7.10. The molecule has 0 amide bonds. The average molecular weight is 366 g/mol. The second-order valence-electron chi connectivity index (χ2n) is 6.76. The molecule has 1 N–H and O–H groups in total. The molecule has 1 fully saturated rings. The maximum atomic E-state index is 11.8. The monoisotopic (exact) mass is 365 g/mol. The van der Waals surface area contributed by atoms with Crippen LogP contribution in [0.4, 0.5) is 0 Å². The highest BCUT2D eigenvalue weighted by molar-refractivity contribution is 6.30. The van der Waals surface area contributed by atoms with E-state index in [0.29, 0.717) is 11.4 Å². The fourth-order valence-corrected chi connectivity index (χ4v) is 4.17. The van der Waals surface area contributed by atoms with Crippen molar-refractivity contribution in [2.45, 2.75) is 24.9 Å². The van der Waals surface area contributed by atoms with Gasteiger partial charge < -0.3 is 5.11 Å². The Labute approximate surface area is 157 Å². The van der Waals surface area contributed by atoms with Gasteiger partial charge in [0.05, 0.1) is 6.04 Å². The van der Waals surface area contributed by atoms with E-state index in [1.54, 1.807) is 0 Å². The summed E-state index contributed by atoms with van der Waals surface area (Å²) in [6, 6.07) is 21.7. The molecule has 0 spiro atoms. The van der Waals surface area contributed by atoms with Crippen molar-refractivity contribution < 1.29 is 9.90 Å². The molecule has 3 aromatic carbocycles. The third-order valence-corrected chi connectivity index (χ3v) is 5.47. The molecule has 2 unspecified atom stereocenters. The first-order chi connectivity index (χ1) is 12.6. The van der Waals surface area contributed by atoms with Gasteiger partial charge in [-0.25, -0.2) is 0 Å². The topological polar surface area (TPSA) is 40.5 Å². The van der Waals surface area contributed by atoms with Gasteiger partial charge in [0.1, 0.15) is 6.04 Å². The predicted molar refractivity (Wildman–Crippen MR) is 105 cm³/mol. The summed E-state index contributed by atoms with van der Waals surface area (Å²) < 4.78 is 0. The maximum absolute atomic E-state index is 11.8. The quantitative estimate of drug-likeness (QED) is 0.696. The van der Waals surface area contributed by atoms with Crippen LogP contribution < -0.4 is 0 Å². The lowest BCUT2D eigenvalue weighted by atomic mass is 9.92. The maximum Gasteiger partial charge on any atom is 0.320 e. The zero-order chi connectivity index (χ0) is 18.1. The zero-order valence-corrected chi connectivity index (χ0v) is 15.1. The summed E-state index contributed by atoms with van der Waals surface area (Å²) in [4.78, 5) is 14.0. The molecule has 0 bridgehead atoms. The van der Waals surface area contributed by atoms with Gasteiger partial charge in [0.2, 0.25) is 0 Å². The minimum absolute atomic E-state index is 0.109. The van der Waals surface area contributed by atoms with Crippen molar-refractivity contribution in [1.29, 1.82) is 0 Å². The first kappa shape index (κ1) is 17.1. The Kier molecular flexibility index (Phi) is 4.66. The zero-order valence-electron chi connectivity index (χ0n) is 14.3. The third kappa shape index (κ3) is 3.09. The number of carboxylic acids is 1. The van der Waals surface area contributed by atoms with Gasteiger partial charge in [0.25, 0.3) is 0 Å². The lowest BCUT2D eigenvalue weighted by molar-refractivity contribution is -0.142. The van der Waals surface area contributed by atoms with Crippen molar-refractivity contribution in [1.82, 2.24) is 4.90 Å². The van der Waals surface area contributed by atoms with Crippen molar-refractivity contribution >= 4 is 28.3 Å². The number of benzene rings is 3. The Morgan fingerprint density at radius 2 is 1.77 bits per heavy atom. The summed E-state index contributed by atoms with van der Waals surface area (Å²) in [5.74, 6) is -0.748. The van der Waals surface area contributed by atoms with Gasteiger partial charge in [-0.2, -0.15) is 0 Å². The van der Waals surface area contributed by atoms with Crippen LogP contribution in [0.2, 0.25) is 5.02 Å². The van der Waals surface area contributed by atoms with Crippen LogP contribution in [0.1, 0.15) is 30.0 Å². The second-order valence-corrected chi connectivity index (χ2v) is 7.19. The highest BCUT2D eigenvalue weighted by Gasteiger charge is 2.37. The largest absolute Gasteiger partial charge is 0.480 e. The number of aliphatic carboxylic acids is 1. The molecule has 1 aliphatic heterocycles. The Morgan fingerprint density at radius 3 is 2.54 bits per heavy atom. The van der Waals surface area contributed by atoms with E-state index in [-0.39, 0.29) is 6.04 Å². The average Bonchev–Trinajstić information content (AvgIpc) is 3.13. The van der Waals surface area contributed by atoms with E-state index in [9.17, 15) is 9.90 Å². The molecule has 2 atom stereocenters. The number of hydrogen-bond donors (Lipinski definition) is 1. The Balaban J connectivity index is 1.90. The van der Waals surface area contributed by atoms with Crippen LogP contribution in [-0.2, 0) is 4.79 Å². The first-order valence-corrected chi connectivity index (χ1v) is 9.24. The molecule has 4 rings (SSSR count). The van der Waals surface area contributed by atoms with Crippen molar-refractivity contribution in [3.05, 3.63) is 82.9 Å². The highest BCUT2D eigenvalue weighted by Crippen LogP contribution is 2.38. The van der Waals surface area contributed by atoms with Gasteiger partial charge in [0, 0.05) is 11.6 Å². The third-order valence-electron chi connectivity index (χ3n) is 5.21. The molecule has 0 aliphatic carbocycles. The van der Waals surface area contributed by atoms with E-state index >= 15 is 0 Å². The molecule has 0 saturated carbocycles. The summed E-state index contributed by atoms with van der Waals surface area (Å²) in [6.07, 6.45) is 1.58. The molecule has 132 valence electrons. The van der Waals surface area contributed by atoms with Gasteiger partial charge in [-0.05, 0) is 46.9 Å². The minimum atomic E-state index is -0.748. The molecule has 3 aromatic rings. The Bertz CT molecular complexity index is 933. The number of halogens is 1. The van der Waals surface area contributed by atoms with Crippen molar-refractivity contribution in [3.8, 4) is 0 Å². The summed E-state index contributed by atoms with van der Waals surface area (Å²) in [7, 11) is 0. The number of likely N-dealkylation sites (tertiary alicyclic amines) is 1. The number of rotatable bonds is 4. The summed E-state index contributed by atoms with van der Waals surface area (Å²) in [5, 5.41) is 12.7. The summed E-state index contributed by atoms with van der Waals surface area (Å²) in [6.45, 7) is 0.771. The van der Waals surface area contributed by atoms with E-state index < -0.39 is 12.0 Å². The lowest BCUT2D eigenvalue weighted by Crippen LogP contribution is -2.39. The standard InChI is InChI=1S/C22H20ClNO2/c23-17-12-10-16(11-13-17)21(24-14-4-9-20(24)22(25)26)19-8-3-6-15-5-1-2-7-18(15)19/h1-3,5-8,10-13,20-21H,4,9,14H2,(H,25,26). The molecule has 1 saturated heterocycles. The molecule has 0 aromatic heterocycles. The number of fused-ring (bicyclic) bond motifs is 1. The van der Waals surface area contributed by atoms with Crippen LogP contribution in [0.5, 0.6) is 0 Å². The van der Waals surface area contributed by atoms with E-state index in [1.807, 2.05) is 42.5 Å². The highest BCUT2D eigenvalue weighted by atomic mass is 35.5. The first-order valence-electron chi connectivity index (χ1n) is 8.87. The molecule has 1 heterocycles. The van der Waals surface area contributed by atoms with Crippen molar-refractivity contribution in [3.63, 3.8) is 0 Å². The number of hydrogen-bond acceptors (Lipinski definition) is 2. The van der Waals surface area contributed by atoms with E-state index in [2.05, 4.69) is 29.2 Å². The molecule has 26 heavy (non-hydrogen) atoms. The number of carbonyl (C=O) groups is 1. The summed E-state index contributed by atoms with van der Waals surface area (Å²) >= 11 is 6.09. The van der Waals surface area contributed by atoms with E-state index in [1.165, 1.54) is 0 Å². The Morgan fingerprint density at radius 1 is 1.04 bits per heavy atom. The fourth-order valence-electron chi connectivity index (χ4n) is 4.05. The molecular formula is C22H20ClNO2. The van der Waals surface area contributed by atoms with E-state index in [4.69, 9.17) is 11.6 Å². The SMILES string of the molecule is O=C(O)C1CCCN1C(c1ccc(Cl)cc1)c1cccc2ccccc12. The summed E-state index contributed by atoms with van der Waals surface area (Å²) in [5.41, 5.74) is 2.21. The molecule has 4 heteroatoms. The molecule has 1 aliphatic rings. The fraction of sp³-hybridized carbons (Fsp3) is 0.227. The van der Waals surface area contributed by atoms with Crippen molar-refractivity contribution in [2.75, 3.05) is 6.54 Å². The molecule has 0 radical (unpaired) electrons. The van der Waals surface area contributed by atoms with Crippen LogP contribution >= 0.6 is 11.6 Å². The van der Waals surface area contributed by atoms with Crippen molar-refractivity contribution in [2.24, 2.45) is 0 Å². The van der Waals surface area contributed by atoms with Crippen LogP contribution in [-0.4, -0.2) is 28.6 Å². The van der Waals surface area contributed by atoms with Crippen LogP contribution in [0.15, 0.2) is 66.7 Å². The minimum Gasteiger partial charge on any atom is -0.480 e. The predicted octanol–water partition coefficient (Wildman–Crippen LogP) is 5.13.